The molecule has 4 rings (SSSR count). The molecule has 0 radical (unpaired) electrons. The van der Waals surface area contributed by atoms with Crippen LogP contribution in [0.1, 0.15) is 15.9 Å². The zero-order chi connectivity index (χ0) is 23.4. The summed E-state index contributed by atoms with van der Waals surface area (Å²) in [6.45, 7) is 0. The van der Waals surface area contributed by atoms with E-state index in [4.69, 9.17) is 10.00 Å². The van der Waals surface area contributed by atoms with E-state index in [2.05, 4.69) is 16.3 Å². The Bertz CT molecular complexity index is 1380. The van der Waals surface area contributed by atoms with Gasteiger partial charge in [-0.05, 0) is 59.3 Å². The second kappa shape index (κ2) is 9.33. The van der Waals surface area contributed by atoms with Crippen LogP contribution in [0.3, 0.4) is 0 Å². The van der Waals surface area contributed by atoms with Gasteiger partial charge in [0.15, 0.2) is 5.16 Å². The summed E-state index contributed by atoms with van der Waals surface area (Å²) in [6.07, 6.45) is 1.49. The largest absolute Gasteiger partial charge is 0.423 e. The third kappa shape index (κ3) is 4.89. The summed E-state index contributed by atoms with van der Waals surface area (Å²) in [5.74, 6) is -0.406. The minimum Gasteiger partial charge on any atom is -0.423 e. The smallest absolute Gasteiger partial charge is 0.343 e. The molecular formula is C23H15N5O4S. The number of benzene rings is 3. The minimum absolute atomic E-state index is 0.0557. The third-order valence-corrected chi connectivity index (χ3v) is 5.79. The molecule has 0 aliphatic heterocycles. The van der Waals surface area contributed by atoms with Gasteiger partial charge in [-0.15, -0.1) is 10.2 Å². The van der Waals surface area contributed by atoms with Gasteiger partial charge >= 0.3 is 5.97 Å². The predicted octanol–water partition coefficient (Wildman–Crippen LogP) is 4.63. The average Bonchev–Trinajstić information content (AvgIpc) is 3.24. The van der Waals surface area contributed by atoms with Crippen molar-refractivity contribution >= 4 is 23.4 Å². The molecule has 0 atom stereocenters. The van der Waals surface area contributed by atoms with Crippen LogP contribution in [0.25, 0.3) is 11.1 Å². The molecule has 0 fully saturated rings. The van der Waals surface area contributed by atoms with E-state index in [1.807, 2.05) is 12.1 Å². The first-order chi connectivity index (χ1) is 15.9. The maximum absolute atomic E-state index is 12.6. The van der Waals surface area contributed by atoms with Crippen LogP contribution in [0.4, 0.5) is 5.69 Å². The number of hydrogen-bond donors (Lipinski definition) is 0. The fourth-order valence-corrected chi connectivity index (χ4v) is 3.81. The van der Waals surface area contributed by atoms with Crippen LogP contribution in [-0.2, 0) is 7.05 Å². The Morgan fingerprint density at radius 2 is 1.76 bits per heavy atom. The number of carbonyl (C=O) groups is 1. The van der Waals surface area contributed by atoms with Crippen LogP contribution in [0.5, 0.6) is 5.75 Å². The van der Waals surface area contributed by atoms with E-state index in [1.54, 1.807) is 48.0 Å². The number of carbonyl (C=O) groups excluding carboxylic acids is 1. The van der Waals surface area contributed by atoms with Gasteiger partial charge in [-0.1, -0.05) is 24.3 Å². The average molecular weight is 457 g/mol. The molecule has 0 N–H and O–H groups in total. The number of ether oxygens (including phenoxy) is 1. The maximum atomic E-state index is 12.6. The fraction of sp³-hybridized carbons (Fsp3) is 0.0435. The molecule has 10 heteroatoms. The van der Waals surface area contributed by atoms with Crippen molar-refractivity contribution in [3.63, 3.8) is 0 Å². The Morgan fingerprint density at radius 3 is 2.33 bits per heavy atom. The van der Waals surface area contributed by atoms with Gasteiger partial charge in [-0.2, -0.15) is 5.26 Å². The van der Waals surface area contributed by atoms with Crippen LogP contribution < -0.4 is 4.74 Å². The lowest BCUT2D eigenvalue weighted by molar-refractivity contribution is -0.387. The quantitative estimate of drug-likeness (QED) is 0.178. The van der Waals surface area contributed by atoms with E-state index in [0.29, 0.717) is 21.4 Å². The molecule has 0 spiro atoms. The molecule has 4 aromatic rings. The van der Waals surface area contributed by atoms with Crippen molar-refractivity contribution in [2.45, 2.75) is 10.1 Å². The molecule has 0 unspecified atom stereocenters. The van der Waals surface area contributed by atoms with E-state index >= 15 is 0 Å². The molecule has 3 aromatic carbocycles. The molecule has 0 bridgehead atoms. The van der Waals surface area contributed by atoms with Gasteiger partial charge in [-0.25, -0.2) is 4.79 Å². The lowest BCUT2D eigenvalue weighted by atomic mass is 10.0. The summed E-state index contributed by atoms with van der Waals surface area (Å²) in [4.78, 5) is 23.9. The number of hydrogen-bond acceptors (Lipinski definition) is 8. The number of rotatable bonds is 6. The lowest BCUT2D eigenvalue weighted by Gasteiger charge is -2.08. The van der Waals surface area contributed by atoms with E-state index in [9.17, 15) is 14.9 Å². The topological polar surface area (TPSA) is 124 Å². The molecule has 33 heavy (non-hydrogen) atoms. The number of nitro groups is 1. The summed E-state index contributed by atoms with van der Waals surface area (Å²) in [5.41, 5.74) is 2.20. The molecule has 1 aromatic heterocycles. The van der Waals surface area contributed by atoms with Gasteiger partial charge < -0.3 is 9.30 Å². The second-order valence-corrected chi connectivity index (χ2v) is 7.88. The van der Waals surface area contributed by atoms with Crippen LogP contribution in [0.15, 0.2) is 83.1 Å². The molecule has 0 amide bonds. The van der Waals surface area contributed by atoms with Gasteiger partial charge in [0.2, 0.25) is 0 Å². The van der Waals surface area contributed by atoms with Crippen LogP contribution in [0, 0.1) is 21.4 Å². The van der Waals surface area contributed by atoms with Crippen molar-refractivity contribution in [3.8, 4) is 22.9 Å². The molecular weight excluding hydrogens is 442 g/mol. The SMILES string of the molecule is Cn1cnnc1Sc1ccc(C(=O)Oc2ccc(-c3ccc(C#N)cc3)cc2)cc1[N+](=O)[O-]. The minimum atomic E-state index is -0.709. The normalized spacial score (nSPS) is 10.4. The molecule has 1 heterocycles. The highest BCUT2D eigenvalue weighted by Gasteiger charge is 2.21. The summed E-state index contributed by atoms with van der Waals surface area (Å²) in [5, 5.41) is 28.6. The maximum Gasteiger partial charge on any atom is 0.343 e. The third-order valence-electron chi connectivity index (χ3n) is 4.67. The summed E-state index contributed by atoms with van der Waals surface area (Å²) >= 11 is 1.08. The van der Waals surface area contributed by atoms with Gasteiger partial charge in [0, 0.05) is 13.1 Å². The Morgan fingerprint density at radius 1 is 1.09 bits per heavy atom. The summed E-state index contributed by atoms with van der Waals surface area (Å²) in [7, 11) is 1.73. The molecule has 9 nitrogen and oxygen atoms in total. The van der Waals surface area contributed by atoms with Crippen LogP contribution in [0.2, 0.25) is 0 Å². The highest BCUT2D eigenvalue weighted by atomic mass is 32.2. The first-order valence-electron chi connectivity index (χ1n) is 9.57. The van der Waals surface area contributed by atoms with Crippen molar-refractivity contribution < 1.29 is 14.5 Å². The van der Waals surface area contributed by atoms with Gasteiger partial charge in [0.1, 0.15) is 12.1 Å². The number of nitriles is 1. The van der Waals surface area contributed by atoms with Crippen molar-refractivity contribution in [3.05, 3.63) is 94.3 Å². The van der Waals surface area contributed by atoms with E-state index in [0.717, 1.165) is 22.9 Å². The monoisotopic (exact) mass is 457 g/mol. The first-order valence-corrected chi connectivity index (χ1v) is 10.4. The van der Waals surface area contributed by atoms with Gasteiger partial charge in [0.05, 0.1) is 27.0 Å². The number of nitrogens with zero attached hydrogens (tertiary/aromatic N) is 5. The number of aromatic nitrogens is 3. The van der Waals surface area contributed by atoms with Crippen molar-refractivity contribution in [2.75, 3.05) is 0 Å². The van der Waals surface area contributed by atoms with Crippen molar-refractivity contribution in [1.82, 2.24) is 14.8 Å². The fourth-order valence-electron chi connectivity index (χ4n) is 2.96. The van der Waals surface area contributed by atoms with Crippen molar-refractivity contribution in [2.24, 2.45) is 7.05 Å². The highest BCUT2D eigenvalue weighted by molar-refractivity contribution is 7.99. The number of nitro benzene ring substituents is 1. The molecule has 0 aliphatic carbocycles. The van der Waals surface area contributed by atoms with E-state index in [-0.39, 0.29) is 11.3 Å². The van der Waals surface area contributed by atoms with E-state index < -0.39 is 10.9 Å². The molecule has 0 saturated carbocycles. The molecule has 0 aliphatic rings. The Balaban J connectivity index is 1.50. The Hall–Kier alpha value is -4.49. The number of aryl methyl sites for hydroxylation is 1. The van der Waals surface area contributed by atoms with Gasteiger partial charge in [0.25, 0.3) is 5.69 Å². The summed E-state index contributed by atoms with van der Waals surface area (Å²) < 4.78 is 7.03. The standard InChI is InChI=1S/C23H15N5O4S/c1-27-14-25-26-23(27)33-21-11-8-18(12-20(21)28(30)31)22(29)32-19-9-6-17(7-10-19)16-4-2-15(13-24)3-5-16/h2-12,14H,1H3. The van der Waals surface area contributed by atoms with Crippen LogP contribution in [-0.4, -0.2) is 25.7 Å². The van der Waals surface area contributed by atoms with Crippen LogP contribution >= 0.6 is 11.8 Å². The zero-order valence-electron chi connectivity index (χ0n) is 17.2. The van der Waals surface area contributed by atoms with Gasteiger partial charge in [-0.3, -0.25) is 10.1 Å². The predicted molar refractivity (Wildman–Crippen MR) is 120 cm³/mol. The summed E-state index contributed by atoms with van der Waals surface area (Å²) in [6, 6.07) is 20.2. The number of esters is 1. The second-order valence-electron chi connectivity index (χ2n) is 6.87. The molecule has 162 valence electrons. The Kier molecular flexibility index (Phi) is 6.15. The first kappa shape index (κ1) is 21.7. The van der Waals surface area contributed by atoms with Crippen molar-refractivity contribution in [1.29, 1.82) is 5.26 Å². The molecule has 0 saturated heterocycles. The van der Waals surface area contributed by atoms with E-state index in [1.165, 1.54) is 24.5 Å². The zero-order valence-corrected chi connectivity index (χ0v) is 18.0. The lowest BCUT2D eigenvalue weighted by Crippen LogP contribution is -2.09. The highest BCUT2D eigenvalue weighted by Crippen LogP contribution is 2.34. The Labute approximate surface area is 192 Å².